The molecule has 0 saturated carbocycles. The minimum absolute atomic E-state index is 0.364. The van der Waals surface area contributed by atoms with E-state index in [1.54, 1.807) is 6.07 Å². The van der Waals surface area contributed by atoms with Crippen molar-refractivity contribution in [3.05, 3.63) is 35.4 Å². The molecule has 19 heavy (non-hydrogen) atoms. The van der Waals surface area contributed by atoms with Crippen LogP contribution in [0, 0.1) is 11.6 Å². The highest BCUT2D eigenvalue weighted by molar-refractivity contribution is 5.20. The SMILES string of the molecule is OC1(Cc2ccc(F)c(F)c2)CC2CCCC(C1)N2. The largest absolute Gasteiger partial charge is 0.389 e. The van der Waals surface area contributed by atoms with E-state index in [0.29, 0.717) is 36.9 Å². The van der Waals surface area contributed by atoms with E-state index in [1.807, 2.05) is 0 Å². The Morgan fingerprint density at radius 1 is 1.16 bits per heavy atom. The van der Waals surface area contributed by atoms with E-state index in [9.17, 15) is 13.9 Å². The minimum Gasteiger partial charge on any atom is -0.389 e. The van der Waals surface area contributed by atoms with Crippen molar-refractivity contribution in [3.8, 4) is 0 Å². The van der Waals surface area contributed by atoms with Crippen LogP contribution in [0.4, 0.5) is 8.78 Å². The first-order valence-corrected chi connectivity index (χ1v) is 6.96. The minimum atomic E-state index is -0.838. The van der Waals surface area contributed by atoms with Crippen molar-refractivity contribution in [1.29, 1.82) is 0 Å². The fourth-order valence-corrected chi connectivity index (χ4v) is 3.61. The zero-order valence-corrected chi connectivity index (χ0v) is 10.8. The van der Waals surface area contributed by atoms with Crippen molar-refractivity contribution in [2.45, 2.75) is 56.2 Å². The maximum atomic E-state index is 13.2. The second-order valence-electron chi connectivity index (χ2n) is 6.05. The molecule has 2 N–H and O–H groups in total. The van der Waals surface area contributed by atoms with Gasteiger partial charge in [0.25, 0.3) is 0 Å². The Morgan fingerprint density at radius 2 is 1.84 bits per heavy atom. The Balaban J connectivity index is 1.75. The molecule has 1 aromatic carbocycles. The summed E-state index contributed by atoms with van der Waals surface area (Å²) >= 11 is 0. The van der Waals surface area contributed by atoms with Crippen LogP contribution in [0.3, 0.4) is 0 Å². The molecule has 2 aliphatic rings. The molecule has 0 spiro atoms. The van der Waals surface area contributed by atoms with E-state index < -0.39 is 17.2 Å². The lowest BCUT2D eigenvalue weighted by molar-refractivity contribution is -0.0303. The molecule has 2 atom stereocenters. The van der Waals surface area contributed by atoms with Crippen molar-refractivity contribution < 1.29 is 13.9 Å². The van der Waals surface area contributed by atoms with Gasteiger partial charge in [0.05, 0.1) is 5.60 Å². The standard InChI is InChI=1S/C15H19F2NO/c16-13-5-4-10(6-14(13)17)7-15(19)8-11-2-1-3-12(9-15)18-11/h4-6,11-12,18-19H,1-3,7-9H2. The van der Waals surface area contributed by atoms with Crippen molar-refractivity contribution in [1.82, 2.24) is 5.32 Å². The molecular weight excluding hydrogens is 248 g/mol. The van der Waals surface area contributed by atoms with Crippen LogP contribution in [0.1, 0.15) is 37.7 Å². The van der Waals surface area contributed by atoms with Crippen LogP contribution in [-0.4, -0.2) is 22.8 Å². The molecule has 2 fully saturated rings. The summed E-state index contributed by atoms with van der Waals surface area (Å²) in [5.41, 5.74) is -0.118. The van der Waals surface area contributed by atoms with Crippen molar-refractivity contribution in [2.75, 3.05) is 0 Å². The molecule has 2 bridgehead atoms. The number of rotatable bonds is 2. The summed E-state index contributed by atoms with van der Waals surface area (Å²) in [5.74, 6) is -1.67. The maximum Gasteiger partial charge on any atom is 0.159 e. The Morgan fingerprint density at radius 3 is 2.47 bits per heavy atom. The van der Waals surface area contributed by atoms with E-state index in [1.165, 1.54) is 12.5 Å². The molecule has 0 aromatic heterocycles. The summed E-state index contributed by atoms with van der Waals surface area (Å²) in [7, 11) is 0. The van der Waals surface area contributed by atoms with E-state index in [0.717, 1.165) is 18.9 Å². The van der Waals surface area contributed by atoms with Gasteiger partial charge in [-0.15, -0.1) is 0 Å². The van der Waals surface area contributed by atoms with Gasteiger partial charge in [0.2, 0.25) is 0 Å². The van der Waals surface area contributed by atoms with Crippen LogP contribution in [0.15, 0.2) is 18.2 Å². The number of benzene rings is 1. The number of hydrogen-bond donors (Lipinski definition) is 2. The van der Waals surface area contributed by atoms with Gasteiger partial charge in [-0.05, 0) is 43.4 Å². The van der Waals surface area contributed by atoms with Gasteiger partial charge in [-0.3, -0.25) is 0 Å². The molecule has 2 heterocycles. The molecule has 0 radical (unpaired) electrons. The van der Waals surface area contributed by atoms with Crippen LogP contribution in [0.2, 0.25) is 0 Å². The average Bonchev–Trinajstić information content (AvgIpc) is 2.33. The Bertz CT molecular complexity index is 465. The number of piperidine rings is 2. The first kappa shape index (κ1) is 13.0. The van der Waals surface area contributed by atoms with E-state index in [4.69, 9.17) is 0 Å². The molecule has 2 aliphatic heterocycles. The van der Waals surface area contributed by atoms with E-state index in [2.05, 4.69) is 5.32 Å². The number of halogens is 2. The number of hydrogen-bond acceptors (Lipinski definition) is 2. The molecule has 0 amide bonds. The molecule has 2 unspecified atom stereocenters. The summed E-state index contributed by atoms with van der Waals surface area (Å²) in [6, 6.07) is 4.63. The summed E-state index contributed by atoms with van der Waals surface area (Å²) < 4.78 is 26.1. The lowest BCUT2D eigenvalue weighted by atomic mass is 9.74. The maximum absolute atomic E-state index is 13.2. The highest BCUT2D eigenvalue weighted by Crippen LogP contribution is 2.35. The predicted molar refractivity (Wildman–Crippen MR) is 68.8 cm³/mol. The summed E-state index contributed by atoms with van der Waals surface area (Å²) in [4.78, 5) is 0. The smallest absolute Gasteiger partial charge is 0.159 e. The third-order valence-electron chi connectivity index (χ3n) is 4.35. The molecule has 1 aromatic rings. The van der Waals surface area contributed by atoms with Crippen LogP contribution >= 0.6 is 0 Å². The van der Waals surface area contributed by atoms with Gasteiger partial charge >= 0.3 is 0 Å². The third kappa shape index (κ3) is 2.79. The number of nitrogens with one attached hydrogen (secondary N) is 1. The second-order valence-corrected chi connectivity index (χ2v) is 6.05. The van der Waals surface area contributed by atoms with Crippen molar-refractivity contribution >= 4 is 0 Å². The molecule has 2 nitrogen and oxygen atoms in total. The molecule has 4 heteroatoms. The fourth-order valence-electron chi connectivity index (χ4n) is 3.61. The van der Waals surface area contributed by atoms with Gasteiger partial charge in [-0.1, -0.05) is 12.5 Å². The van der Waals surface area contributed by atoms with Crippen molar-refractivity contribution in [2.24, 2.45) is 0 Å². The van der Waals surface area contributed by atoms with Crippen LogP contribution in [-0.2, 0) is 6.42 Å². The molecule has 2 saturated heterocycles. The second kappa shape index (κ2) is 4.84. The van der Waals surface area contributed by atoms with Crippen LogP contribution in [0.25, 0.3) is 0 Å². The van der Waals surface area contributed by atoms with Gasteiger partial charge in [0.1, 0.15) is 0 Å². The number of aliphatic hydroxyl groups is 1. The normalized spacial score (nSPS) is 34.3. The molecular formula is C15H19F2NO. The quantitative estimate of drug-likeness (QED) is 0.863. The summed E-state index contributed by atoms with van der Waals surface area (Å²) in [6.45, 7) is 0. The third-order valence-corrected chi connectivity index (χ3v) is 4.35. The van der Waals surface area contributed by atoms with Crippen molar-refractivity contribution in [3.63, 3.8) is 0 Å². The lowest BCUT2D eigenvalue weighted by Crippen LogP contribution is -2.56. The van der Waals surface area contributed by atoms with Crippen LogP contribution < -0.4 is 5.32 Å². The monoisotopic (exact) mass is 267 g/mol. The zero-order valence-electron chi connectivity index (χ0n) is 10.8. The van der Waals surface area contributed by atoms with Gasteiger partial charge in [0.15, 0.2) is 11.6 Å². The molecule has 3 rings (SSSR count). The zero-order chi connectivity index (χ0) is 13.5. The van der Waals surface area contributed by atoms with Gasteiger partial charge in [-0.2, -0.15) is 0 Å². The Labute approximate surface area is 111 Å². The average molecular weight is 267 g/mol. The topological polar surface area (TPSA) is 32.3 Å². The molecule has 0 aliphatic carbocycles. The highest BCUT2D eigenvalue weighted by atomic mass is 19.2. The summed E-state index contributed by atoms with van der Waals surface area (Å²) in [5, 5.41) is 14.3. The first-order valence-electron chi connectivity index (χ1n) is 6.96. The summed E-state index contributed by atoms with van der Waals surface area (Å²) in [6.07, 6.45) is 5.20. The predicted octanol–water partition coefficient (Wildman–Crippen LogP) is 2.54. The Kier molecular flexibility index (Phi) is 3.31. The van der Waals surface area contributed by atoms with Gasteiger partial charge in [-0.25, -0.2) is 8.78 Å². The van der Waals surface area contributed by atoms with Gasteiger partial charge in [0, 0.05) is 18.5 Å². The van der Waals surface area contributed by atoms with Gasteiger partial charge < -0.3 is 10.4 Å². The molecule has 104 valence electrons. The number of fused-ring (bicyclic) bond motifs is 2. The highest BCUT2D eigenvalue weighted by Gasteiger charge is 2.40. The lowest BCUT2D eigenvalue weighted by Gasteiger charge is -2.45. The fraction of sp³-hybridized carbons (Fsp3) is 0.600. The first-order chi connectivity index (χ1) is 9.04. The Hall–Kier alpha value is -1.00. The van der Waals surface area contributed by atoms with E-state index in [-0.39, 0.29) is 0 Å². The van der Waals surface area contributed by atoms with Crippen LogP contribution in [0.5, 0.6) is 0 Å². The van der Waals surface area contributed by atoms with E-state index >= 15 is 0 Å².